The van der Waals surface area contributed by atoms with Gasteiger partial charge in [-0.1, -0.05) is 0 Å². The standard InChI is InChI=1S/C17H18N2O5S/c1-8-14(17(21)24-3)16(13-7-11(19(22)23)9(2)25-13)15-10(18-8)5-4-6-12(15)20/h7,16,18H,4-6H2,1-3H3/t16-/m1/s1. The van der Waals surface area contributed by atoms with Gasteiger partial charge in [0.25, 0.3) is 5.69 Å². The number of carbonyl (C=O) groups is 2. The third-order valence-corrected chi connectivity index (χ3v) is 5.68. The molecule has 2 heterocycles. The number of Topliss-reactive ketones (excluding diaryl/α,β-unsaturated/α-hetero) is 1. The van der Waals surface area contributed by atoms with E-state index in [2.05, 4.69) is 5.32 Å². The van der Waals surface area contributed by atoms with Crippen molar-refractivity contribution in [2.24, 2.45) is 0 Å². The normalized spacial score (nSPS) is 20.3. The predicted molar refractivity (Wildman–Crippen MR) is 92.2 cm³/mol. The summed E-state index contributed by atoms with van der Waals surface area (Å²) in [5.74, 6) is -1.18. The number of hydrogen-bond donors (Lipinski definition) is 1. The van der Waals surface area contributed by atoms with Crippen LogP contribution in [0.25, 0.3) is 0 Å². The summed E-state index contributed by atoms with van der Waals surface area (Å²) in [5, 5.41) is 14.4. The van der Waals surface area contributed by atoms with Gasteiger partial charge in [-0.05, 0) is 26.7 Å². The van der Waals surface area contributed by atoms with Crippen LogP contribution < -0.4 is 5.32 Å². The fourth-order valence-corrected chi connectivity index (χ4v) is 4.58. The number of nitro groups is 1. The topological polar surface area (TPSA) is 98.5 Å². The second-order valence-electron chi connectivity index (χ2n) is 6.10. The van der Waals surface area contributed by atoms with Crippen LogP contribution in [0.2, 0.25) is 0 Å². The number of ether oxygens (including phenoxy) is 1. The van der Waals surface area contributed by atoms with Crippen molar-refractivity contribution >= 4 is 28.8 Å². The molecule has 1 N–H and O–H groups in total. The van der Waals surface area contributed by atoms with Gasteiger partial charge in [-0.15, -0.1) is 11.3 Å². The number of nitrogens with one attached hydrogen (secondary N) is 1. The van der Waals surface area contributed by atoms with E-state index in [1.54, 1.807) is 13.8 Å². The molecule has 8 heteroatoms. The van der Waals surface area contributed by atoms with E-state index < -0.39 is 16.8 Å². The van der Waals surface area contributed by atoms with Crippen molar-refractivity contribution < 1.29 is 19.2 Å². The fraction of sp³-hybridized carbons (Fsp3) is 0.412. The number of rotatable bonds is 3. The Morgan fingerprint density at radius 3 is 2.72 bits per heavy atom. The van der Waals surface area contributed by atoms with Crippen LogP contribution in [0, 0.1) is 17.0 Å². The Balaban J connectivity index is 2.21. The summed E-state index contributed by atoms with van der Waals surface area (Å²) in [5.41, 5.74) is 2.31. The SMILES string of the molecule is COC(=O)C1=C(C)NC2=C(C(=O)CCC2)[C@@H]1c1cc([N+](=O)[O-])c(C)s1. The second-order valence-corrected chi connectivity index (χ2v) is 7.39. The molecule has 1 aromatic rings. The van der Waals surface area contributed by atoms with Gasteiger partial charge in [0.05, 0.1) is 28.4 Å². The van der Waals surface area contributed by atoms with E-state index in [9.17, 15) is 19.7 Å². The smallest absolute Gasteiger partial charge is 0.336 e. The molecule has 1 aromatic heterocycles. The lowest BCUT2D eigenvalue weighted by atomic mass is 9.78. The zero-order valence-electron chi connectivity index (χ0n) is 14.2. The van der Waals surface area contributed by atoms with Gasteiger partial charge in [0.1, 0.15) is 0 Å². The van der Waals surface area contributed by atoms with Gasteiger partial charge in [-0.2, -0.15) is 0 Å². The minimum atomic E-state index is -0.617. The van der Waals surface area contributed by atoms with Crippen LogP contribution in [0.3, 0.4) is 0 Å². The fourth-order valence-electron chi connectivity index (χ4n) is 3.47. The molecule has 25 heavy (non-hydrogen) atoms. The summed E-state index contributed by atoms with van der Waals surface area (Å²) in [4.78, 5) is 36.9. The van der Waals surface area contributed by atoms with Crippen molar-refractivity contribution in [3.8, 4) is 0 Å². The van der Waals surface area contributed by atoms with Crippen molar-refractivity contribution in [3.05, 3.63) is 48.5 Å². The number of aryl methyl sites for hydroxylation is 1. The van der Waals surface area contributed by atoms with Crippen LogP contribution in [0.4, 0.5) is 5.69 Å². The monoisotopic (exact) mass is 362 g/mol. The van der Waals surface area contributed by atoms with E-state index in [1.165, 1.54) is 24.5 Å². The molecule has 0 aromatic carbocycles. The summed E-state index contributed by atoms with van der Waals surface area (Å²) in [6.45, 7) is 3.43. The number of carbonyl (C=O) groups excluding carboxylic acids is 2. The molecular weight excluding hydrogens is 344 g/mol. The number of hydrogen-bond acceptors (Lipinski definition) is 7. The Labute approximate surface area is 148 Å². The van der Waals surface area contributed by atoms with Crippen molar-refractivity contribution in [3.63, 3.8) is 0 Å². The molecule has 0 radical (unpaired) electrons. The predicted octanol–water partition coefficient (Wildman–Crippen LogP) is 3.11. The van der Waals surface area contributed by atoms with E-state index in [-0.39, 0.29) is 11.5 Å². The number of esters is 1. The molecule has 7 nitrogen and oxygen atoms in total. The van der Waals surface area contributed by atoms with Crippen molar-refractivity contribution in [2.45, 2.75) is 39.0 Å². The van der Waals surface area contributed by atoms with Crippen molar-refractivity contribution in [2.75, 3.05) is 7.11 Å². The van der Waals surface area contributed by atoms with Gasteiger partial charge in [0.15, 0.2) is 5.78 Å². The summed E-state index contributed by atoms with van der Waals surface area (Å²) in [6, 6.07) is 1.47. The van der Waals surface area contributed by atoms with E-state index >= 15 is 0 Å². The van der Waals surface area contributed by atoms with Crippen LogP contribution in [0.5, 0.6) is 0 Å². The van der Waals surface area contributed by atoms with E-state index in [0.717, 1.165) is 18.5 Å². The lowest BCUT2D eigenvalue weighted by Gasteiger charge is -2.33. The van der Waals surface area contributed by atoms with Crippen LogP contribution >= 0.6 is 11.3 Å². The maximum Gasteiger partial charge on any atom is 0.336 e. The summed E-state index contributed by atoms with van der Waals surface area (Å²) < 4.78 is 4.91. The number of allylic oxidation sites excluding steroid dienone is 3. The molecule has 0 saturated carbocycles. The molecule has 0 saturated heterocycles. The average Bonchev–Trinajstić information content (AvgIpc) is 2.95. The first-order valence-corrected chi connectivity index (χ1v) is 8.73. The van der Waals surface area contributed by atoms with Gasteiger partial charge in [0.2, 0.25) is 0 Å². The first-order valence-electron chi connectivity index (χ1n) is 7.92. The summed E-state index contributed by atoms with van der Waals surface area (Å²) >= 11 is 1.24. The second kappa shape index (κ2) is 6.44. The molecule has 3 rings (SSSR count). The Bertz CT molecular complexity index is 849. The quantitative estimate of drug-likeness (QED) is 0.504. The van der Waals surface area contributed by atoms with Crippen LogP contribution in [0.1, 0.15) is 41.9 Å². The molecule has 0 unspecified atom stereocenters. The molecule has 0 amide bonds. The van der Waals surface area contributed by atoms with Crippen molar-refractivity contribution in [1.29, 1.82) is 0 Å². The van der Waals surface area contributed by atoms with Crippen LogP contribution in [-0.4, -0.2) is 23.8 Å². The average molecular weight is 362 g/mol. The Morgan fingerprint density at radius 1 is 1.40 bits per heavy atom. The lowest BCUT2D eigenvalue weighted by molar-refractivity contribution is -0.385. The highest BCUT2D eigenvalue weighted by Gasteiger charge is 2.40. The highest BCUT2D eigenvalue weighted by molar-refractivity contribution is 7.12. The van der Waals surface area contributed by atoms with Gasteiger partial charge >= 0.3 is 5.97 Å². The number of thiophene rings is 1. The van der Waals surface area contributed by atoms with E-state index in [0.29, 0.717) is 33.0 Å². The molecule has 2 aliphatic rings. The molecule has 1 aliphatic heterocycles. The molecule has 0 bridgehead atoms. The largest absolute Gasteiger partial charge is 0.466 e. The molecule has 1 atom stereocenters. The lowest BCUT2D eigenvalue weighted by Crippen LogP contribution is -2.33. The summed E-state index contributed by atoms with van der Waals surface area (Å²) in [7, 11) is 1.29. The molecule has 0 spiro atoms. The Hall–Kier alpha value is -2.48. The molecular formula is C17H18N2O5S. The molecule has 0 fully saturated rings. The zero-order chi connectivity index (χ0) is 18.3. The van der Waals surface area contributed by atoms with Gasteiger partial charge in [-0.25, -0.2) is 4.79 Å². The minimum Gasteiger partial charge on any atom is -0.466 e. The van der Waals surface area contributed by atoms with Crippen molar-refractivity contribution in [1.82, 2.24) is 5.32 Å². The first kappa shape index (κ1) is 17.3. The van der Waals surface area contributed by atoms with Crippen LogP contribution in [0.15, 0.2) is 28.6 Å². The maximum absolute atomic E-state index is 12.6. The highest BCUT2D eigenvalue weighted by Crippen LogP contribution is 2.46. The number of dihydropyridines is 1. The first-order chi connectivity index (χ1) is 11.8. The van der Waals surface area contributed by atoms with Gasteiger partial charge in [-0.3, -0.25) is 14.9 Å². The number of nitrogens with zero attached hydrogens (tertiary/aromatic N) is 1. The molecule has 1 aliphatic carbocycles. The van der Waals surface area contributed by atoms with Gasteiger partial charge < -0.3 is 10.1 Å². The minimum absolute atomic E-state index is 0.00538. The number of ketones is 1. The molecule has 132 valence electrons. The summed E-state index contributed by atoms with van der Waals surface area (Å²) in [6.07, 6.45) is 1.88. The Morgan fingerprint density at radius 2 is 2.12 bits per heavy atom. The Kier molecular flexibility index (Phi) is 4.47. The third kappa shape index (κ3) is 2.86. The van der Waals surface area contributed by atoms with E-state index in [4.69, 9.17) is 4.74 Å². The zero-order valence-corrected chi connectivity index (χ0v) is 15.0. The van der Waals surface area contributed by atoms with E-state index in [1.807, 2.05) is 0 Å². The van der Waals surface area contributed by atoms with Crippen LogP contribution in [-0.2, 0) is 14.3 Å². The third-order valence-electron chi connectivity index (χ3n) is 4.57. The number of methoxy groups -OCH3 is 1. The maximum atomic E-state index is 12.6. The highest BCUT2D eigenvalue weighted by atomic mass is 32.1. The van der Waals surface area contributed by atoms with Gasteiger partial charge in [0, 0.05) is 34.3 Å².